The van der Waals surface area contributed by atoms with Gasteiger partial charge < -0.3 is 14.9 Å². The largest absolute Gasteiger partial charge is 0.481 e. The molecular formula is C5H10NaO4. The number of hydrogen-bond donors (Lipinski definition) is 2. The zero-order valence-corrected chi connectivity index (χ0v) is 8.04. The summed E-state index contributed by atoms with van der Waals surface area (Å²) >= 11 is 0. The fourth-order valence-electron chi connectivity index (χ4n) is 0.326. The third-order valence-electron chi connectivity index (χ3n) is 0.696. The van der Waals surface area contributed by atoms with Crippen LogP contribution in [0.2, 0.25) is 0 Å². The number of ether oxygens (including phenoxy) is 1. The average Bonchev–Trinajstić information content (AvgIpc) is 1.80. The van der Waals surface area contributed by atoms with Crippen LogP contribution in [0, 0.1) is 0 Å². The first-order chi connectivity index (χ1) is 4.27. The van der Waals surface area contributed by atoms with E-state index in [0.717, 1.165) is 0 Å². The van der Waals surface area contributed by atoms with Crippen LogP contribution in [0.5, 0.6) is 0 Å². The molecule has 55 valence electrons. The van der Waals surface area contributed by atoms with E-state index in [1.807, 2.05) is 0 Å². The molecule has 0 aromatic heterocycles. The molecule has 0 aliphatic carbocycles. The number of carboxylic acid groups (broad SMARTS) is 1. The summed E-state index contributed by atoms with van der Waals surface area (Å²) in [6, 6.07) is 0. The zero-order chi connectivity index (χ0) is 7.11. The molecule has 0 fully saturated rings. The van der Waals surface area contributed by atoms with Crippen molar-refractivity contribution in [2.75, 3.05) is 19.8 Å². The summed E-state index contributed by atoms with van der Waals surface area (Å²) in [6.45, 7) is 0.336. The van der Waals surface area contributed by atoms with Crippen molar-refractivity contribution in [2.45, 2.75) is 6.42 Å². The third-order valence-corrected chi connectivity index (χ3v) is 0.696. The molecule has 5 heteroatoms. The van der Waals surface area contributed by atoms with Crippen molar-refractivity contribution in [1.29, 1.82) is 0 Å². The van der Waals surface area contributed by atoms with E-state index in [9.17, 15) is 4.79 Å². The second-order valence-electron chi connectivity index (χ2n) is 1.48. The summed E-state index contributed by atoms with van der Waals surface area (Å²) in [4.78, 5) is 9.82. The quantitative estimate of drug-likeness (QED) is 0.400. The summed E-state index contributed by atoms with van der Waals surface area (Å²) in [5.74, 6) is -0.882. The molecule has 2 N–H and O–H groups in total. The van der Waals surface area contributed by atoms with E-state index in [1.54, 1.807) is 0 Å². The molecule has 10 heavy (non-hydrogen) atoms. The first-order valence-electron chi connectivity index (χ1n) is 2.67. The maximum atomic E-state index is 9.82. The first kappa shape index (κ1) is 13.0. The molecule has 0 bridgehead atoms. The van der Waals surface area contributed by atoms with Crippen LogP contribution in [0.4, 0.5) is 0 Å². The second kappa shape index (κ2) is 9.39. The zero-order valence-electron chi connectivity index (χ0n) is 6.04. The normalized spacial score (nSPS) is 8.50. The summed E-state index contributed by atoms with van der Waals surface area (Å²) < 4.78 is 4.66. The molecule has 1 radical (unpaired) electrons. The van der Waals surface area contributed by atoms with E-state index in [0.29, 0.717) is 0 Å². The molecule has 0 spiro atoms. The van der Waals surface area contributed by atoms with E-state index < -0.39 is 5.97 Å². The number of aliphatic hydroxyl groups excluding tert-OH is 1. The average molecular weight is 157 g/mol. The summed E-state index contributed by atoms with van der Waals surface area (Å²) in [5, 5.41) is 16.2. The van der Waals surface area contributed by atoms with E-state index >= 15 is 0 Å². The number of rotatable bonds is 5. The monoisotopic (exact) mass is 157 g/mol. The fraction of sp³-hybridized carbons (Fsp3) is 0.800. The smallest absolute Gasteiger partial charge is 0.305 e. The van der Waals surface area contributed by atoms with Gasteiger partial charge in [0.05, 0.1) is 26.2 Å². The third kappa shape index (κ3) is 11.2. The van der Waals surface area contributed by atoms with Gasteiger partial charge in [-0.3, -0.25) is 4.79 Å². The minimum absolute atomic E-state index is 0. The van der Waals surface area contributed by atoms with Gasteiger partial charge in [0, 0.05) is 29.6 Å². The Morgan fingerprint density at radius 2 is 2.00 bits per heavy atom. The Morgan fingerprint density at radius 1 is 1.40 bits per heavy atom. The number of aliphatic hydroxyl groups is 1. The molecule has 0 rings (SSSR count). The van der Waals surface area contributed by atoms with Crippen molar-refractivity contribution in [2.24, 2.45) is 0 Å². The van der Waals surface area contributed by atoms with Crippen LogP contribution in [0.3, 0.4) is 0 Å². The molecule has 0 saturated carbocycles. The standard InChI is InChI=1S/C5H10O4.Na/c6-2-4-9-3-1-5(7)8;/h6H,1-4H2,(H,7,8);. The van der Waals surface area contributed by atoms with Crippen LogP contribution < -0.4 is 0 Å². The summed E-state index contributed by atoms with van der Waals surface area (Å²) in [5.41, 5.74) is 0. The Kier molecular flexibility index (Phi) is 12.2. The van der Waals surface area contributed by atoms with Crippen molar-refractivity contribution >= 4 is 35.5 Å². The van der Waals surface area contributed by atoms with Gasteiger partial charge in [0.1, 0.15) is 0 Å². The Morgan fingerprint density at radius 3 is 2.40 bits per heavy atom. The molecule has 0 heterocycles. The SMILES string of the molecule is O=C(O)CCOCCO.[Na]. The minimum Gasteiger partial charge on any atom is -0.481 e. The maximum Gasteiger partial charge on any atom is 0.305 e. The molecule has 0 aromatic carbocycles. The minimum atomic E-state index is -0.882. The first-order valence-corrected chi connectivity index (χ1v) is 2.67. The van der Waals surface area contributed by atoms with Gasteiger partial charge >= 0.3 is 5.97 Å². The van der Waals surface area contributed by atoms with E-state index in [4.69, 9.17) is 10.2 Å². The van der Waals surface area contributed by atoms with E-state index in [1.165, 1.54) is 0 Å². The van der Waals surface area contributed by atoms with Crippen molar-refractivity contribution < 1.29 is 19.7 Å². The van der Waals surface area contributed by atoms with Gasteiger partial charge in [0.2, 0.25) is 0 Å². The molecule has 0 saturated heterocycles. The van der Waals surface area contributed by atoms with Gasteiger partial charge in [-0.2, -0.15) is 0 Å². The van der Waals surface area contributed by atoms with E-state index in [-0.39, 0.29) is 55.8 Å². The molecule has 4 nitrogen and oxygen atoms in total. The van der Waals surface area contributed by atoms with Gasteiger partial charge in [-0.15, -0.1) is 0 Å². The van der Waals surface area contributed by atoms with Crippen LogP contribution in [0.1, 0.15) is 6.42 Å². The Balaban J connectivity index is 0. The van der Waals surface area contributed by atoms with Crippen molar-refractivity contribution in [1.82, 2.24) is 0 Å². The van der Waals surface area contributed by atoms with E-state index in [2.05, 4.69) is 4.74 Å². The van der Waals surface area contributed by atoms with Crippen LogP contribution in [-0.2, 0) is 9.53 Å². The van der Waals surface area contributed by atoms with Crippen molar-refractivity contribution in [3.63, 3.8) is 0 Å². The van der Waals surface area contributed by atoms with Gasteiger partial charge in [-0.1, -0.05) is 0 Å². The van der Waals surface area contributed by atoms with Crippen LogP contribution in [0.15, 0.2) is 0 Å². The predicted molar refractivity (Wildman–Crippen MR) is 35.9 cm³/mol. The maximum absolute atomic E-state index is 9.82. The van der Waals surface area contributed by atoms with Gasteiger partial charge in [0.15, 0.2) is 0 Å². The van der Waals surface area contributed by atoms with Crippen LogP contribution >= 0.6 is 0 Å². The molecule has 0 amide bonds. The Hall–Kier alpha value is 0.390. The molecule has 0 aromatic rings. The molecule has 0 atom stereocenters. The Labute approximate surface area is 81.5 Å². The van der Waals surface area contributed by atoms with Gasteiger partial charge in [0.25, 0.3) is 0 Å². The molecule has 0 unspecified atom stereocenters. The number of carbonyl (C=O) groups is 1. The molecule has 0 aliphatic rings. The fourth-order valence-corrected chi connectivity index (χ4v) is 0.326. The summed E-state index contributed by atoms with van der Waals surface area (Å²) in [6.07, 6.45) is 0. The molecular weight excluding hydrogens is 147 g/mol. The van der Waals surface area contributed by atoms with Gasteiger partial charge in [-0.05, 0) is 0 Å². The second-order valence-corrected chi connectivity index (χ2v) is 1.48. The van der Waals surface area contributed by atoms with Crippen molar-refractivity contribution in [3.05, 3.63) is 0 Å². The van der Waals surface area contributed by atoms with Crippen molar-refractivity contribution in [3.8, 4) is 0 Å². The van der Waals surface area contributed by atoms with Crippen LogP contribution in [0.25, 0.3) is 0 Å². The Bertz CT molecular complexity index is 85.7. The number of carboxylic acids is 1. The predicted octanol–water partition coefficient (Wildman–Crippen LogP) is -0.911. The number of aliphatic carboxylic acids is 1. The van der Waals surface area contributed by atoms with Crippen LogP contribution in [-0.4, -0.2) is 65.6 Å². The summed E-state index contributed by atoms with van der Waals surface area (Å²) in [7, 11) is 0. The van der Waals surface area contributed by atoms with Gasteiger partial charge in [-0.25, -0.2) is 0 Å². The topological polar surface area (TPSA) is 66.8 Å². The number of hydrogen-bond acceptors (Lipinski definition) is 3. The molecule has 0 aliphatic heterocycles.